The zero-order valence-corrected chi connectivity index (χ0v) is 12.9. The minimum Gasteiger partial charge on any atom is -0.329 e. The highest BCUT2D eigenvalue weighted by Crippen LogP contribution is 2.29. The minimum absolute atomic E-state index is 0.123. The number of nitrogens with zero attached hydrogens (tertiary/aromatic N) is 3. The van der Waals surface area contributed by atoms with Crippen LogP contribution < -0.4 is 0 Å². The van der Waals surface area contributed by atoms with Gasteiger partial charge in [0, 0.05) is 26.8 Å². The Labute approximate surface area is 131 Å². The van der Waals surface area contributed by atoms with Crippen molar-refractivity contribution < 1.29 is 21.9 Å². The van der Waals surface area contributed by atoms with Crippen molar-refractivity contribution in [3.8, 4) is 11.4 Å². The van der Waals surface area contributed by atoms with Gasteiger partial charge in [-0.3, -0.25) is 0 Å². The molecule has 23 heavy (non-hydrogen) atoms. The summed E-state index contributed by atoms with van der Waals surface area (Å²) < 4.78 is 58.0. The first-order valence-electron chi connectivity index (χ1n) is 7.04. The average Bonchev–Trinajstić information content (AvgIpc) is 3.15. The summed E-state index contributed by atoms with van der Waals surface area (Å²) in [7, 11) is -2.07. The standard InChI is InChI=1S/C14H14F3N3O2S/c15-14(16,17)13-19-12(20-22-13)11-5-3-10(4-6-11)9-18-23(21)7-1-2-8-23/h3-6H,1-2,7-9H2. The summed E-state index contributed by atoms with van der Waals surface area (Å²) in [6, 6.07) is 6.61. The van der Waals surface area contributed by atoms with Gasteiger partial charge < -0.3 is 4.52 Å². The Hall–Kier alpha value is -1.90. The van der Waals surface area contributed by atoms with Crippen LogP contribution in [0.25, 0.3) is 11.4 Å². The van der Waals surface area contributed by atoms with E-state index in [0.717, 1.165) is 18.4 Å². The van der Waals surface area contributed by atoms with Gasteiger partial charge in [-0.25, -0.2) is 8.57 Å². The molecular formula is C14H14F3N3O2S. The molecule has 0 unspecified atom stereocenters. The van der Waals surface area contributed by atoms with Gasteiger partial charge in [-0.05, 0) is 18.4 Å². The highest BCUT2D eigenvalue weighted by molar-refractivity contribution is 7.93. The quantitative estimate of drug-likeness (QED) is 0.853. The van der Waals surface area contributed by atoms with Crippen molar-refractivity contribution in [1.29, 1.82) is 0 Å². The number of halogens is 3. The normalized spacial score (nSPS) is 17.3. The average molecular weight is 345 g/mol. The molecule has 0 saturated carbocycles. The number of benzene rings is 1. The Bertz CT molecular complexity index is 793. The molecule has 0 amide bonds. The van der Waals surface area contributed by atoms with E-state index in [2.05, 4.69) is 19.0 Å². The zero-order chi connectivity index (χ0) is 16.5. The van der Waals surface area contributed by atoms with Gasteiger partial charge in [-0.15, -0.1) is 0 Å². The first-order valence-corrected chi connectivity index (χ1v) is 8.90. The Morgan fingerprint density at radius 1 is 1.17 bits per heavy atom. The second kappa shape index (κ2) is 5.95. The van der Waals surface area contributed by atoms with Crippen LogP contribution in [0, 0.1) is 0 Å². The van der Waals surface area contributed by atoms with E-state index >= 15 is 0 Å². The minimum atomic E-state index is -4.66. The van der Waals surface area contributed by atoms with E-state index in [-0.39, 0.29) is 5.82 Å². The van der Waals surface area contributed by atoms with Crippen molar-refractivity contribution in [1.82, 2.24) is 10.1 Å². The molecule has 1 aromatic carbocycles. The van der Waals surface area contributed by atoms with Gasteiger partial charge in [0.2, 0.25) is 5.82 Å². The molecule has 1 fully saturated rings. The second-order valence-corrected chi connectivity index (χ2v) is 7.91. The van der Waals surface area contributed by atoms with Crippen LogP contribution in [0.2, 0.25) is 0 Å². The van der Waals surface area contributed by atoms with Crippen molar-refractivity contribution in [2.24, 2.45) is 4.36 Å². The molecule has 0 N–H and O–H groups in total. The predicted molar refractivity (Wildman–Crippen MR) is 78.0 cm³/mol. The van der Waals surface area contributed by atoms with E-state index in [1.165, 1.54) is 0 Å². The van der Waals surface area contributed by atoms with Crippen molar-refractivity contribution in [3.63, 3.8) is 0 Å². The van der Waals surface area contributed by atoms with Crippen molar-refractivity contribution in [3.05, 3.63) is 35.7 Å². The van der Waals surface area contributed by atoms with Gasteiger partial charge in [0.15, 0.2) is 0 Å². The van der Waals surface area contributed by atoms with Gasteiger partial charge in [0.05, 0.1) is 6.54 Å². The molecule has 9 heteroatoms. The Balaban J connectivity index is 1.75. The number of hydrogen-bond donors (Lipinski definition) is 0. The van der Waals surface area contributed by atoms with Gasteiger partial charge in [-0.1, -0.05) is 29.4 Å². The highest BCUT2D eigenvalue weighted by atomic mass is 32.2. The van der Waals surface area contributed by atoms with Crippen LogP contribution in [0.3, 0.4) is 0 Å². The van der Waals surface area contributed by atoms with E-state index in [9.17, 15) is 17.4 Å². The van der Waals surface area contributed by atoms with Gasteiger partial charge in [0.1, 0.15) is 0 Å². The summed E-state index contributed by atoms with van der Waals surface area (Å²) >= 11 is 0. The summed E-state index contributed by atoms with van der Waals surface area (Å²) in [6.07, 6.45) is -2.77. The maximum atomic E-state index is 12.4. The van der Waals surface area contributed by atoms with Crippen LogP contribution in [0.4, 0.5) is 13.2 Å². The number of alkyl halides is 3. The lowest BCUT2D eigenvalue weighted by atomic mass is 10.1. The topological polar surface area (TPSA) is 68.3 Å². The molecule has 0 aliphatic carbocycles. The van der Waals surface area contributed by atoms with E-state index in [0.29, 0.717) is 23.6 Å². The van der Waals surface area contributed by atoms with Gasteiger partial charge >= 0.3 is 12.1 Å². The maximum Gasteiger partial charge on any atom is 0.471 e. The second-order valence-electron chi connectivity index (χ2n) is 5.29. The number of aromatic nitrogens is 2. The fraction of sp³-hybridized carbons (Fsp3) is 0.429. The fourth-order valence-electron chi connectivity index (χ4n) is 2.29. The third-order valence-corrected chi connectivity index (χ3v) is 5.99. The summed E-state index contributed by atoms with van der Waals surface area (Å²) in [4.78, 5) is 3.33. The molecule has 2 heterocycles. The van der Waals surface area contributed by atoms with Crippen molar-refractivity contribution in [2.45, 2.75) is 25.6 Å². The SMILES string of the molecule is O=S1(=NCc2ccc(-c3noc(C(F)(F)F)n3)cc2)CCCC1. The van der Waals surface area contributed by atoms with Crippen LogP contribution in [0.1, 0.15) is 24.3 Å². The third kappa shape index (κ3) is 3.72. The molecule has 0 bridgehead atoms. The summed E-state index contributed by atoms with van der Waals surface area (Å²) in [6.45, 7) is 0.332. The summed E-state index contributed by atoms with van der Waals surface area (Å²) in [5.41, 5.74) is 1.25. The Kier molecular flexibility index (Phi) is 4.13. The van der Waals surface area contributed by atoms with Crippen molar-refractivity contribution >= 4 is 9.73 Å². The lowest BCUT2D eigenvalue weighted by molar-refractivity contribution is -0.159. The molecule has 1 saturated heterocycles. The number of rotatable bonds is 3. The largest absolute Gasteiger partial charge is 0.471 e. The smallest absolute Gasteiger partial charge is 0.329 e. The van der Waals surface area contributed by atoms with E-state index in [1.807, 2.05) is 0 Å². The molecule has 3 rings (SSSR count). The van der Waals surface area contributed by atoms with Crippen LogP contribution in [-0.4, -0.2) is 25.9 Å². The molecular weight excluding hydrogens is 331 g/mol. The van der Waals surface area contributed by atoms with Crippen molar-refractivity contribution in [2.75, 3.05) is 11.5 Å². The van der Waals surface area contributed by atoms with Gasteiger partial charge in [-0.2, -0.15) is 18.2 Å². The van der Waals surface area contributed by atoms with Gasteiger partial charge in [0.25, 0.3) is 0 Å². The summed E-state index contributed by atoms with van der Waals surface area (Å²) in [5, 5.41) is 3.33. The molecule has 0 atom stereocenters. The monoisotopic (exact) mass is 345 g/mol. The van der Waals surface area contributed by atoms with Crippen LogP contribution in [0.15, 0.2) is 33.2 Å². The van der Waals surface area contributed by atoms with Crippen LogP contribution in [-0.2, 0) is 22.5 Å². The molecule has 124 valence electrons. The molecule has 1 aliphatic rings. The molecule has 1 aromatic heterocycles. The predicted octanol–water partition coefficient (Wildman–Crippen LogP) is 3.52. The third-order valence-electron chi connectivity index (χ3n) is 3.54. The maximum absolute atomic E-state index is 12.4. The molecule has 2 aromatic rings. The van der Waals surface area contributed by atoms with Crippen LogP contribution in [0.5, 0.6) is 0 Å². The lowest BCUT2D eigenvalue weighted by Gasteiger charge is -2.02. The lowest BCUT2D eigenvalue weighted by Crippen LogP contribution is -2.04. The first-order chi connectivity index (χ1) is 10.9. The summed E-state index contributed by atoms with van der Waals surface area (Å²) in [5.74, 6) is -0.199. The highest BCUT2D eigenvalue weighted by Gasteiger charge is 2.38. The fourth-order valence-corrected chi connectivity index (χ4v) is 4.45. The molecule has 5 nitrogen and oxygen atoms in total. The molecule has 1 aliphatic heterocycles. The first kappa shape index (κ1) is 16.0. The van der Waals surface area contributed by atoms with Crippen LogP contribution >= 0.6 is 0 Å². The van der Waals surface area contributed by atoms with E-state index < -0.39 is 21.8 Å². The molecule has 0 spiro atoms. The van der Waals surface area contributed by atoms with E-state index in [4.69, 9.17) is 0 Å². The zero-order valence-electron chi connectivity index (χ0n) is 12.0. The Morgan fingerprint density at radius 2 is 1.83 bits per heavy atom. The van der Waals surface area contributed by atoms with E-state index in [1.54, 1.807) is 24.3 Å². The molecule has 0 radical (unpaired) electrons. The Morgan fingerprint density at radius 3 is 2.39 bits per heavy atom. The number of hydrogen-bond acceptors (Lipinski definition) is 5.